The average molecular weight is 320 g/mol. The van der Waals surface area contributed by atoms with Crippen molar-refractivity contribution in [2.24, 2.45) is 0 Å². The van der Waals surface area contributed by atoms with Crippen molar-refractivity contribution in [1.29, 1.82) is 0 Å². The van der Waals surface area contributed by atoms with Crippen LogP contribution < -0.4 is 10.6 Å². The third-order valence-electron chi connectivity index (χ3n) is 5.62. The van der Waals surface area contributed by atoms with Gasteiger partial charge in [0, 0.05) is 5.41 Å². The summed E-state index contributed by atoms with van der Waals surface area (Å²) in [6.07, 6.45) is 2.95. The summed E-state index contributed by atoms with van der Waals surface area (Å²) >= 11 is 0. The molecule has 2 aromatic rings. The fourth-order valence-corrected chi connectivity index (χ4v) is 4.24. The Morgan fingerprint density at radius 3 is 1.62 bits per heavy atom. The molecule has 0 atom stereocenters. The summed E-state index contributed by atoms with van der Waals surface area (Å²) in [4.78, 5) is 23.8. The monoisotopic (exact) mass is 320 g/mol. The zero-order valence-corrected chi connectivity index (χ0v) is 13.4. The smallest absolute Gasteiger partial charge is 0.322 e. The van der Waals surface area contributed by atoms with E-state index in [4.69, 9.17) is 0 Å². The second-order valence-corrected chi connectivity index (χ2v) is 6.80. The molecule has 0 radical (unpaired) electrons. The summed E-state index contributed by atoms with van der Waals surface area (Å²) in [7, 11) is 0. The van der Waals surface area contributed by atoms with Gasteiger partial charge in [-0.2, -0.15) is 0 Å². The van der Waals surface area contributed by atoms with Gasteiger partial charge in [0.2, 0.25) is 0 Å². The highest BCUT2D eigenvalue weighted by atomic mass is 16.2. The molecule has 1 saturated carbocycles. The molecule has 0 bridgehead atoms. The molecule has 2 aliphatic rings. The lowest BCUT2D eigenvalue weighted by atomic mass is 9.61. The first-order chi connectivity index (χ1) is 11.6. The number of nitrogens with one attached hydrogen (secondary N) is 2. The molecule has 0 aromatic heterocycles. The minimum absolute atomic E-state index is 0.110. The van der Waals surface area contributed by atoms with E-state index >= 15 is 0 Å². The van der Waals surface area contributed by atoms with E-state index in [-0.39, 0.29) is 17.4 Å². The van der Waals surface area contributed by atoms with Crippen molar-refractivity contribution in [2.75, 3.05) is 0 Å². The SMILES string of the molecule is O=C1NC(=O)C2(CCC(c3ccccc3)(c3ccccc3)CC2)N1. The highest BCUT2D eigenvalue weighted by Crippen LogP contribution is 2.48. The van der Waals surface area contributed by atoms with Crippen LogP contribution >= 0.6 is 0 Å². The maximum Gasteiger partial charge on any atom is 0.322 e. The van der Waals surface area contributed by atoms with Gasteiger partial charge in [-0.1, -0.05) is 60.7 Å². The number of rotatable bonds is 2. The number of carbonyl (C=O) groups excluding carboxylic acids is 2. The van der Waals surface area contributed by atoms with Gasteiger partial charge in [0.25, 0.3) is 5.91 Å². The van der Waals surface area contributed by atoms with Gasteiger partial charge in [-0.3, -0.25) is 10.1 Å². The number of hydrogen-bond acceptors (Lipinski definition) is 2. The molecule has 4 rings (SSSR count). The average Bonchev–Trinajstić information content (AvgIpc) is 2.91. The highest BCUT2D eigenvalue weighted by molar-refractivity contribution is 6.07. The molecule has 24 heavy (non-hydrogen) atoms. The van der Waals surface area contributed by atoms with E-state index < -0.39 is 5.54 Å². The van der Waals surface area contributed by atoms with E-state index in [0.717, 1.165) is 12.8 Å². The van der Waals surface area contributed by atoms with E-state index in [2.05, 4.69) is 59.2 Å². The Morgan fingerprint density at radius 2 is 1.21 bits per heavy atom. The zero-order valence-electron chi connectivity index (χ0n) is 13.4. The van der Waals surface area contributed by atoms with Crippen LogP contribution in [-0.4, -0.2) is 17.5 Å². The summed E-state index contributed by atoms with van der Waals surface area (Å²) in [6.45, 7) is 0. The van der Waals surface area contributed by atoms with Crippen molar-refractivity contribution < 1.29 is 9.59 Å². The quantitative estimate of drug-likeness (QED) is 0.835. The van der Waals surface area contributed by atoms with Crippen LogP contribution in [0.25, 0.3) is 0 Å². The number of urea groups is 1. The number of carbonyl (C=O) groups is 2. The molecular formula is C20H20N2O2. The minimum Gasteiger partial charge on any atom is -0.323 e. The molecule has 2 N–H and O–H groups in total. The van der Waals surface area contributed by atoms with Crippen molar-refractivity contribution in [2.45, 2.75) is 36.6 Å². The van der Waals surface area contributed by atoms with Crippen molar-refractivity contribution in [1.82, 2.24) is 10.6 Å². The van der Waals surface area contributed by atoms with Gasteiger partial charge in [-0.25, -0.2) is 4.79 Å². The molecule has 1 spiro atoms. The summed E-state index contributed by atoms with van der Waals surface area (Å²) in [5, 5.41) is 5.26. The molecule has 2 fully saturated rings. The lowest BCUT2D eigenvalue weighted by Gasteiger charge is -2.44. The fourth-order valence-electron chi connectivity index (χ4n) is 4.24. The Labute approximate surface area is 141 Å². The molecule has 2 aromatic carbocycles. The van der Waals surface area contributed by atoms with Crippen LogP contribution in [0.1, 0.15) is 36.8 Å². The topological polar surface area (TPSA) is 58.2 Å². The van der Waals surface area contributed by atoms with Gasteiger partial charge in [0.15, 0.2) is 0 Å². The van der Waals surface area contributed by atoms with Crippen LogP contribution in [0, 0.1) is 0 Å². The summed E-state index contributed by atoms with van der Waals surface area (Å²) in [5.74, 6) is -0.178. The molecular weight excluding hydrogens is 300 g/mol. The maximum atomic E-state index is 12.3. The van der Waals surface area contributed by atoms with E-state index in [1.54, 1.807) is 0 Å². The van der Waals surface area contributed by atoms with Crippen LogP contribution in [0.5, 0.6) is 0 Å². The van der Waals surface area contributed by atoms with Crippen LogP contribution in [0.3, 0.4) is 0 Å². The van der Waals surface area contributed by atoms with E-state index in [0.29, 0.717) is 12.8 Å². The molecule has 1 heterocycles. The second kappa shape index (κ2) is 5.48. The maximum absolute atomic E-state index is 12.3. The molecule has 1 aliphatic carbocycles. The molecule has 0 unspecified atom stereocenters. The van der Waals surface area contributed by atoms with Crippen molar-refractivity contribution in [3.8, 4) is 0 Å². The van der Waals surface area contributed by atoms with Crippen LogP contribution in [-0.2, 0) is 10.2 Å². The first-order valence-electron chi connectivity index (χ1n) is 8.39. The summed E-state index contributed by atoms with van der Waals surface area (Å²) in [6, 6.07) is 20.6. The van der Waals surface area contributed by atoms with Crippen molar-refractivity contribution in [3.05, 3.63) is 71.8 Å². The Hall–Kier alpha value is -2.62. The number of benzene rings is 2. The molecule has 4 nitrogen and oxygen atoms in total. The first-order valence-corrected chi connectivity index (χ1v) is 8.39. The Balaban J connectivity index is 1.73. The predicted octanol–water partition coefficient (Wildman–Crippen LogP) is 3.12. The summed E-state index contributed by atoms with van der Waals surface area (Å²) in [5.41, 5.74) is 1.71. The van der Waals surface area contributed by atoms with Crippen LogP contribution in [0.2, 0.25) is 0 Å². The second-order valence-electron chi connectivity index (χ2n) is 6.80. The Bertz CT molecular complexity index is 721. The van der Waals surface area contributed by atoms with E-state index in [1.807, 2.05) is 12.1 Å². The number of imide groups is 1. The van der Waals surface area contributed by atoms with Gasteiger partial charge in [-0.05, 0) is 36.8 Å². The standard InChI is InChI=1S/C20H20N2O2/c23-17-20(22-18(24)21-17)13-11-19(12-14-20,15-7-3-1-4-8-15)16-9-5-2-6-10-16/h1-10H,11-14H2,(H2,21,22,23,24). The fraction of sp³-hybridized carbons (Fsp3) is 0.300. The molecule has 4 heteroatoms. The van der Waals surface area contributed by atoms with Crippen molar-refractivity contribution in [3.63, 3.8) is 0 Å². The van der Waals surface area contributed by atoms with Gasteiger partial charge >= 0.3 is 6.03 Å². The predicted molar refractivity (Wildman–Crippen MR) is 91.5 cm³/mol. The van der Waals surface area contributed by atoms with Gasteiger partial charge in [0.05, 0.1) is 0 Å². The Kier molecular flexibility index (Phi) is 3.41. The van der Waals surface area contributed by atoms with E-state index in [1.165, 1.54) is 11.1 Å². The number of amides is 3. The molecule has 3 amide bonds. The Morgan fingerprint density at radius 1 is 0.708 bits per heavy atom. The summed E-state index contributed by atoms with van der Waals surface area (Å²) < 4.78 is 0. The van der Waals surface area contributed by atoms with Crippen LogP contribution in [0.15, 0.2) is 60.7 Å². The lowest BCUT2D eigenvalue weighted by Crippen LogP contribution is -2.52. The van der Waals surface area contributed by atoms with Crippen LogP contribution in [0.4, 0.5) is 4.79 Å². The van der Waals surface area contributed by atoms with Gasteiger partial charge < -0.3 is 5.32 Å². The normalized spacial score (nSPS) is 21.3. The molecule has 1 aliphatic heterocycles. The third-order valence-corrected chi connectivity index (χ3v) is 5.62. The lowest BCUT2D eigenvalue weighted by molar-refractivity contribution is -0.125. The molecule has 122 valence electrons. The first kappa shape index (κ1) is 14.9. The van der Waals surface area contributed by atoms with Gasteiger partial charge in [-0.15, -0.1) is 0 Å². The van der Waals surface area contributed by atoms with Crippen molar-refractivity contribution >= 4 is 11.9 Å². The largest absolute Gasteiger partial charge is 0.323 e. The van der Waals surface area contributed by atoms with Gasteiger partial charge in [0.1, 0.15) is 5.54 Å². The number of hydrogen-bond donors (Lipinski definition) is 2. The minimum atomic E-state index is -0.732. The molecule has 1 saturated heterocycles. The zero-order chi connectivity index (χ0) is 16.6. The third kappa shape index (κ3) is 2.21. The van der Waals surface area contributed by atoms with E-state index in [9.17, 15) is 9.59 Å². The highest BCUT2D eigenvalue weighted by Gasteiger charge is 2.52.